The molecular weight excluding hydrogens is 780 g/mol. The fourth-order valence-electron chi connectivity index (χ4n) is 6.19. The van der Waals surface area contributed by atoms with Gasteiger partial charge in [-0.2, -0.15) is 0 Å². The Hall–Kier alpha value is -5.88. The van der Waals surface area contributed by atoms with Gasteiger partial charge in [-0.3, -0.25) is 4.79 Å². The minimum absolute atomic E-state index is 0.0996. The van der Waals surface area contributed by atoms with Crippen molar-refractivity contribution in [2.24, 2.45) is 0 Å². The Morgan fingerprint density at radius 2 is 1.64 bits per heavy atom. The van der Waals surface area contributed by atoms with E-state index in [2.05, 4.69) is 0 Å². The second-order valence-corrected chi connectivity index (χ2v) is 13.0. The van der Waals surface area contributed by atoms with Crippen LogP contribution in [0.1, 0.15) is 5.56 Å². The van der Waals surface area contributed by atoms with Crippen molar-refractivity contribution in [3.8, 4) is 57.3 Å². The van der Waals surface area contributed by atoms with Gasteiger partial charge in [0.15, 0.2) is 58.3 Å². The molecule has 4 aromatic rings. The van der Waals surface area contributed by atoms with Gasteiger partial charge in [0.25, 0.3) is 0 Å². The second-order valence-electron chi connectivity index (χ2n) is 13.0. The molecule has 1 unspecified atom stereocenters. The molecule has 3 aromatic carbocycles. The largest absolute Gasteiger partial charge is 0.504 e. The summed E-state index contributed by atoms with van der Waals surface area (Å²) in [6.07, 6.45) is -14.3. The van der Waals surface area contributed by atoms with Crippen LogP contribution in [0.25, 0.3) is 28.4 Å². The molecule has 2 aliphatic heterocycles. The van der Waals surface area contributed by atoms with E-state index in [0.717, 1.165) is 31.4 Å². The summed E-state index contributed by atoms with van der Waals surface area (Å²) in [5.41, 5.74) is -4.12. The quantitative estimate of drug-likeness (QED) is 0.0362. The average molecular weight is 819 g/mol. The fraction of sp³-hybridized carbons (Fsp3) is 0.351. The second kappa shape index (κ2) is 16.5. The third-order valence-electron chi connectivity index (χ3n) is 9.36. The van der Waals surface area contributed by atoms with E-state index in [9.17, 15) is 65.8 Å². The third-order valence-corrected chi connectivity index (χ3v) is 9.36. The van der Waals surface area contributed by atoms with Crippen molar-refractivity contribution in [1.82, 2.24) is 0 Å². The van der Waals surface area contributed by atoms with Crippen molar-refractivity contribution in [1.29, 1.82) is 0 Å². The molecule has 0 aliphatic carbocycles. The van der Waals surface area contributed by atoms with Crippen molar-refractivity contribution in [3.05, 3.63) is 64.3 Å². The number of esters is 1. The summed E-state index contributed by atoms with van der Waals surface area (Å²) in [5, 5.41) is 115. The lowest BCUT2D eigenvalue weighted by atomic mass is 9.97. The van der Waals surface area contributed by atoms with E-state index in [1.807, 2.05) is 0 Å². The third kappa shape index (κ3) is 7.72. The van der Waals surface area contributed by atoms with Gasteiger partial charge in [0, 0.05) is 17.7 Å². The summed E-state index contributed by atoms with van der Waals surface area (Å²) in [5.74, 6) is -5.92. The van der Waals surface area contributed by atoms with E-state index in [-0.39, 0.29) is 17.1 Å². The lowest BCUT2D eigenvalue weighted by Gasteiger charge is -2.42. The standard InChI is InChI=1S/C37H38O21/c1-51-20-9-14(3-6-17(20)40)4-8-23(43)56-36(49)37(50)13-53-35(33(37)48)58-32-28(47)25(44)22(12-38)55-34(32)57-31-27(46)24-21(11-19(42)30(52-2)26(24)45)54-29(31)15-5-7-16(39)18(41)10-15/h3-11,22,25,28,32-36,38-42,44-45,47-50H,12-13H2,1-2H3/b8-4+/t22-,25-,28+,32-,33+,34-,35+,36?,37-/m1/s1. The Morgan fingerprint density at radius 3 is 2.31 bits per heavy atom. The SMILES string of the molecule is COc1cc(/C=C/C(=O)OC(O)[C@@]2(O)CO[C@@H](O[C@H]3[C@@H](Oc4c(-c5ccc(O)c(O)c5)oc5cc(O)c(OC)c(O)c5c4=O)O[C@H](CO)[C@@H](O)[C@@H]3O)[C@@H]2O)ccc1O. The number of aliphatic hydroxyl groups is 6. The van der Waals surface area contributed by atoms with Crippen molar-refractivity contribution >= 4 is 23.0 Å². The van der Waals surface area contributed by atoms with Crippen LogP contribution in [-0.2, 0) is 23.7 Å². The monoisotopic (exact) mass is 818 g/mol. The highest BCUT2D eigenvalue weighted by molar-refractivity contribution is 5.91. The minimum Gasteiger partial charge on any atom is -0.504 e. The van der Waals surface area contributed by atoms with E-state index in [4.69, 9.17) is 37.6 Å². The van der Waals surface area contributed by atoms with E-state index in [1.165, 1.54) is 37.5 Å². The van der Waals surface area contributed by atoms with Crippen molar-refractivity contribution in [2.75, 3.05) is 27.4 Å². The van der Waals surface area contributed by atoms with Crippen LogP contribution >= 0.6 is 0 Å². The van der Waals surface area contributed by atoms with Crippen molar-refractivity contribution in [2.45, 2.75) is 55.0 Å². The maximum absolute atomic E-state index is 14.1. The first-order valence-corrected chi connectivity index (χ1v) is 17.0. The number of carbonyl (C=O) groups excluding carboxylic acids is 1. The van der Waals surface area contributed by atoms with Gasteiger partial charge >= 0.3 is 5.97 Å². The number of carbonyl (C=O) groups is 1. The number of ether oxygens (including phenoxy) is 7. The van der Waals surface area contributed by atoms with Gasteiger partial charge in [-0.1, -0.05) is 6.07 Å². The number of aliphatic hydroxyl groups excluding tert-OH is 5. The highest BCUT2D eigenvalue weighted by atomic mass is 16.8. The number of benzene rings is 3. The molecule has 0 bridgehead atoms. The van der Waals surface area contributed by atoms with Gasteiger partial charge in [-0.15, -0.1) is 0 Å². The van der Waals surface area contributed by atoms with E-state index in [1.54, 1.807) is 0 Å². The first-order chi connectivity index (χ1) is 27.5. The predicted molar refractivity (Wildman–Crippen MR) is 191 cm³/mol. The molecular formula is C37H38O21. The topological polar surface area (TPSA) is 334 Å². The van der Waals surface area contributed by atoms with Crippen molar-refractivity contribution < 1.29 is 98.5 Å². The van der Waals surface area contributed by atoms with Gasteiger partial charge in [0.05, 0.1) is 27.4 Å². The highest BCUT2D eigenvalue weighted by Crippen LogP contribution is 2.45. The molecule has 1 aromatic heterocycles. The molecule has 2 saturated heterocycles. The van der Waals surface area contributed by atoms with E-state index >= 15 is 0 Å². The zero-order chi connectivity index (χ0) is 42.2. The molecule has 312 valence electrons. The number of fused-ring (bicyclic) bond motifs is 1. The molecule has 3 heterocycles. The average Bonchev–Trinajstić information content (AvgIpc) is 3.48. The summed E-state index contributed by atoms with van der Waals surface area (Å²) in [6.45, 7) is -1.87. The number of aromatic hydroxyl groups is 5. The summed E-state index contributed by atoms with van der Waals surface area (Å²) in [6, 6.07) is 8.22. The molecule has 0 saturated carbocycles. The molecule has 2 aliphatic rings. The summed E-state index contributed by atoms with van der Waals surface area (Å²) in [4.78, 5) is 26.7. The van der Waals surface area contributed by atoms with Crippen LogP contribution in [0.2, 0.25) is 0 Å². The Balaban J connectivity index is 1.30. The van der Waals surface area contributed by atoms with Gasteiger partial charge in [0.1, 0.15) is 35.4 Å². The molecule has 21 nitrogen and oxygen atoms in total. The Bertz CT molecular complexity index is 2250. The molecule has 11 N–H and O–H groups in total. The lowest BCUT2D eigenvalue weighted by molar-refractivity contribution is -0.320. The maximum Gasteiger partial charge on any atom is 0.333 e. The number of phenols is 5. The summed E-state index contributed by atoms with van der Waals surface area (Å²) in [7, 11) is 2.40. The smallest absolute Gasteiger partial charge is 0.333 e. The molecule has 0 spiro atoms. The number of phenolic OH excluding ortho intramolecular Hbond substituents is 5. The van der Waals surface area contributed by atoms with Gasteiger partial charge < -0.3 is 93.7 Å². The van der Waals surface area contributed by atoms with E-state index in [0.29, 0.717) is 5.56 Å². The summed E-state index contributed by atoms with van der Waals surface area (Å²) < 4.78 is 43.4. The number of hydrogen-bond acceptors (Lipinski definition) is 21. The lowest BCUT2D eigenvalue weighted by Crippen LogP contribution is -2.62. The van der Waals surface area contributed by atoms with Crippen LogP contribution < -0.4 is 19.6 Å². The first-order valence-electron chi connectivity index (χ1n) is 17.0. The maximum atomic E-state index is 14.1. The predicted octanol–water partition coefficient (Wildman–Crippen LogP) is -0.769. The summed E-state index contributed by atoms with van der Waals surface area (Å²) >= 11 is 0. The van der Waals surface area contributed by atoms with Gasteiger partial charge in [-0.25, -0.2) is 4.79 Å². The molecule has 0 amide bonds. The zero-order valence-corrected chi connectivity index (χ0v) is 30.2. The number of hydrogen-bond donors (Lipinski definition) is 11. The Kier molecular flexibility index (Phi) is 11.9. The normalized spacial score (nSPS) is 26.4. The van der Waals surface area contributed by atoms with Crippen LogP contribution in [0, 0.1) is 0 Å². The van der Waals surface area contributed by atoms with Gasteiger partial charge in [-0.05, 0) is 42.0 Å². The van der Waals surface area contributed by atoms with Crippen molar-refractivity contribution in [3.63, 3.8) is 0 Å². The molecule has 2 fully saturated rings. The van der Waals surface area contributed by atoms with Crippen LogP contribution in [0.3, 0.4) is 0 Å². The number of methoxy groups -OCH3 is 2. The Morgan fingerprint density at radius 1 is 0.914 bits per heavy atom. The molecule has 6 rings (SSSR count). The van der Waals surface area contributed by atoms with Crippen LogP contribution in [0.4, 0.5) is 0 Å². The fourth-order valence-corrected chi connectivity index (χ4v) is 6.19. The minimum atomic E-state index is -2.77. The van der Waals surface area contributed by atoms with Gasteiger partial charge in [0.2, 0.25) is 29.5 Å². The molecule has 21 heteroatoms. The van der Waals surface area contributed by atoms with E-state index < -0.39 is 131 Å². The van der Waals surface area contributed by atoms with Crippen LogP contribution in [0.5, 0.6) is 46.0 Å². The van der Waals surface area contributed by atoms with Crippen LogP contribution in [-0.4, -0.2) is 145 Å². The Labute approximate surface area is 325 Å². The number of rotatable bonds is 12. The first kappa shape index (κ1) is 41.7. The molecule has 58 heavy (non-hydrogen) atoms. The van der Waals surface area contributed by atoms with Crippen LogP contribution in [0.15, 0.2) is 57.8 Å². The molecule has 0 radical (unpaired) electrons. The molecule has 9 atom stereocenters. The zero-order valence-electron chi connectivity index (χ0n) is 30.2. The highest BCUT2D eigenvalue weighted by Gasteiger charge is 2.58.